The SMILES string of the molecule is O=c1[nH]cnc2[nH]nc(Br)c12.OC[C@H]1OC(O)[C@H](O)[C@@H]1O. The zero-order valence-corrected chi connectivity index (χ0v) is 12.1. The van der Waals surface area contributed by atoms with Gasteiger partial charge in [0.15, 0.2) is 11.9 Å². The third kappa shape index (κ3) is 3.28. The summed E-state index contributed by atoms with van der Waals surface area (Å²) in [4.78, 5) is 17.4. The fraction of sp³-hybridized carbons (Fsp3) is 0.500. The van der Waals surface area contributed by atoms with Crippen molar-refractivity contribution in [3.63, 3.8) is 0 Å². The summed E-state index contributed by atoms with van der Waals surface area (Å²) >= 11 is 3.12. The Labute approximate surface area is 125 Å². The molecule has 2 aromatic rings. The molecule has 1 aliphatic heterocycles. The quantitative estimate of drug-likeness (QED) is 0.332. The first-order valence-electron chi connectivity index (χ1n) is 5.83. The Morgan fingerprint density at radius 2 is 2.05 bits per heavy atom. The lowest BCUT2D eigenvalue weighted by Crippen LogP contribution is -2.33. The van der Waals surface area contributed by atoms with Crippen LogP contribution in [0.15, 0.2) is 15.7 Å². The smallest absolute Gasteiger partial charge is 0.263 e. The van der Waals surface area contributed by atoms with E-state index in [0.29, 0.717) is 15.6 Å². The minimum Gasteiger partial charge on any atom is -0.394 e. The van der Waals surface area contributed by atoms with Gasteiger partial charge in [-0.25, -0.2) is 4.98 Å². The molecule has 0 radical (unpaired) electrons. The first kappa shape index (κ1) is 16.0. The lowest BCUT2D eigenvalue weighted by atomic mass is 10.1. The van der Waals surface area contributed by atoms with Crippen LogP contribution < -0.4 is 5.56 Å². The van der Waals surface area contributed by atoms with Gasteiger partial charge in [0.25, 0.3) is 5.56 Å². The number of halogens is 1. The number of fused-ring (bicyclic) bond motifs is 1. The number of aromatic nitrogens is 4. The second-order valence-electron chi connectivity index (χ2n) is 4.20. The Morgan fingerprint density at radius 3 is 2.52 bits per heavy atom. The number of rotatable bonds is 1. The van der Waals surface area contributed by atoms with Gasteiger partial charge in [0.05, 0.1) is 12.9 Å². The van der Waals surface area contributed by atoms with Gasteiger partial charge < -0.3 is 30.1 Å². The number of aliphatic hydroxyl groups excluding tert-OH is 4. The van der Waals surface area contributed by atoms with Crippen LogP contribution >= 0.6 is 15.9 Å². The number of ether oxygens (including phenoxy) is 1. The molecule has 1 aliphatic rings. The molecule has 116 valence electrons. The molecule has 0 bridgehead atoms. The average molecular weight is 365 g/mol. The Kier molecular flexibility index (Phi) is 5.03. The fourth-order valence-corrected chi connectivity index (χ4v) is 2.17. The van der Waals surface area contributed by atoms with Gasteiger partial charge in [-0.3, -0.25) is 9.89 Å². The maximum Gasteiger partial charge on any atom is 0.263 e. The third-order valence-corrected chi connectivity index (χ3v) is 3.41. The second kappa shape index (κ2) is 6.60. The topological polar surface area (TPSA) is 165 Å². The molecule has 0 spiro atoms. The van der Waals surface area contributed by atoms with Gasteiger partial charge in [-0.15, -0.1) is 0 Å². The van der Waals surface area contributed by atoms with Crippen molar-refractivity contribution in [1.29, 1.82) is 0 Å². The highest BCUT2D eigenvalue weighted by molar-refractivity contribution is 9.10. The van der Waals surface area contributed by atoms with Crippen molar-refractivity contribution >= 4 is 27.0 Å². The molecule has 1 fully saturated rings. The molecule has 4 atom stereocenters. The fourth-order valence-electron chi connectivity index (χ4n) is 1.71. The number of aromatic amines is 2. The van der Waals surface area contributed by atoms with E-state index >= 15 is 0 Å². The van der Waals surface area contributed by atoms with Crippen molar-refractivity contribution in [2.24, 2.45) is 0 Å². The molecule has 0 aromatic carbocycles. The van der Waals surface area contributed by atoms with Gasteiger partial charge in [-0.1, -0.05) is 0 Å². The highest BCUT2D eigenvalue weighted by Crippen LogP contribution is 2.18. The number of nitrogens with zero attached hydrogens (tertiary/aromatic N) is 2. The van der Waals surface area contributed by atoms with Crippen LogP contribution in [0.5, 0.6) is 0 Å². The van der Waals surface area contributed by atoms with Gasteiger partial charge in [0.2, 0.25) is 0 Å². The van der Waals surface area contributed by atoms with Crippen LogP contribution in [0.3, 0.4) is 0 Å². The third-order valence-electron chi connectivity index (χ3n) is 2.84. The Bertz CT molecular complexity index is 660. The molecule has 1 saturated heterocycles. The molecule has 6 N–H and O–H groups in total. The van der Waals surface area contributed by atoms with Crippen LogP contribution in [0.4, 0.5) is 0 Å². The summed E-state index contributed by atoms with van der Waals surface area (Å²) in [7, 11) is 0. The van der Waals surface area contributed by atoms with Crippen LogP contribution in [0.2, 0.25) is 0 Å². The summed E-state index contributed by atoms with van der Waals surface area (Å²) in [5.74, 6) is 0. The molecule has 21 heavy (non-hydrogen) atoms. The van der Waals surface area contributed by atoms with Crippen molar-refractivity contribution in [1.82, 2.24) is 20.2 Å². The van der Waals surface area contributed by atoms with E-state index in [-0.39, 0.29) is 5.56 Å². The lowest BCUT2D eigenvalue weighted by Gasteiger charge is -2.09. The predicted molar refractivity (Wildman–Crippen MR) is 72.2 cm³/mol. The molecule has 0 saturated carbocycles. The number of hydrogen-bond donors (Lipinski definition) is 6. The molecule has 0 aliphatic carbocycles. The lowest BCUT2D eigenvalue weighted by molar-refractivity contribution is -0.132. The van der Waals surface area contributed by atoms with E-state index in [4.69, 9.17) is 20.4 Å². The zero-order valence-electron chi connectivity index (χ0n) is 10.5. The Hall–Kier alpha value is -1.37. The van der Waals surface area contributed by atoms with Gasteiger partial charge in [0.1, 0.15) is 28.3 Å². The van der Waals surface area contributed by atoms with Crippen LogP contribution in [0.25, 0.3) is 11.0 Å². The zero-order chi connectivity index (χ0) is 15.6. The first-order chi connectivity index (χ1) is 9.95. The van der Waals surface area contributed by atoms with Crippen LogP contribution in [-0.4, -0.2) is 71.8 Å². The van der Waals surface area contributed by atoms with Crippen molar-refractivity contribution in [2.75, 3.05) is 6.61 Å². The number of nitrogens with one attached hydrogen (secondary N) is 2. The molecule has 3 rings (SSSR count). The van der Waals surface area contributed by atoms with E-state index in [1.165, 1.54) is 6.33 Å². The number of hydrogen-bond acceptors (Lipinski definition) is 8. The van der Waals surface area contributed by atoms with Gasteiger partial charge in [-0.2, -0.15) is 5.10 Å². The summed E-state index contributed by atoms with van der Waals surface area (Å²) in [6.45, 7) is -0.407. The number of aliphatic hydroxyl groups is 4. The van der Waals surface area contributed by atoms with Crippen molar-refractivity contribution in [2.45, 2.75) is 24.6 Å². The average Bonchev–Trinajstić information content (AvgIpc) is 2.96. The molecule has 11 heteroatoms. The maximum absolute atomic E-state index is 11.1. The second-order valence-corrected chi connectivity index (χ2v) is 4.95. The first-order valence-corrected chi connectivity index (χ1v) is 6.62. The normalized spacial score (nSPS) is 28.4. The predicted octanol–water partition coefficient (Wildman–Crippen LogP) is -2.17. The summed E-state index contributed by atoms with van der Waals surface area (Å²) in [5, 5.41) is 41.8. The Balaban J connectivity index is 0.000000155. The molecule has 2 aromatic heterocycles. The molecular weight excluding hydrogens is 352 g/mol. The molecule has 10 nitrogen and oxygen atoms in total. The molecular formula is C10H13BrN4O6. The standard InChI is InChI=1S/C5H3BrN4O.C5H10O5/c6-3-2-4(10-9-3)7-1-8-5(2)11;6-1-2-3(7)4(8)5(9)10-2/h1H,(H2,7,8,9,10,11);2-9H,1H2/t;2-,3-,4-,5?/m.1/s1. The molecule has 1 unspecified atom stereocenters. The maximum atomic E-state index is 11.1. The van der Waals surface area contributed by atoms with Crippen LogP contribution in [-0.2, 0) is 4.74 Å². The molecule has 3 heterocycles. The minimum absolute atomic E-state index is 0.198. The van der Waals surface area contributed by atoms with Gasteiger partial charge in [0, 0.05) is 0 Å². The highest BCUT2D eigenvalue weighted by atomic mass is 79.9. The summed E-state index contributed by atoms with van der Waals surface area (Å²) in [6, 6.07) is 0. The van der Waals surface area contributed by atoms with E-state index < -0.39 is 31.2 Å². The monoisotopic (exact) mass is 364 g/mol. The minimum atomic E-state index is -1.38. The largest absolute Gasteiger partial charge is 0.394 e. The van der Waals surface area contributed by atoms with Crippen LogP contribution in [0, 0.1) is 0 Å². The summed E-state index contributed by atoms with van der Waals surface area (Å²) in [5.41, 5.74) is 0.288. The van der Waals surface area contributed by atoms with Crippen LogP contribution in [0.1, 0.15) is 0 Å². The van der Waals surface area contributed by atoms with E-state index in [1.807, 2.05) is 0 Å². The van der Waals surface area contributed by atoms with E-state index in [2.05, 4.69) is 40.8 Å². The Morgan fingerprint density at radius 1 is 1.33 bits per heavy atom. The summed E-state index contributed by atoms with van der Waals surface area (Å²) < 4.78 is 5.03. The van der Waals surface area contributed by atoms with E-state index in [0.717, 1.165) is 0 Å². The number of H-pyrrole nitrogens is 2. The van der Waals surface area contributed by atoms with E-state index in [9.17, 15) is 4.79 Å². The van der Waals surface area contributed by atoms with Crippen molar-refractivity contribution in [3.8, 4) is 0 Å². The summed E-state index contributed by atoms with van der Waals surface area (Å²) in [6.07, 6.45) is -3.43. The van der Waals surface area contributed by atoms with Gasteiger partial charge >= 0.3 is 0 Å². The molecule has 0 amide bonds. The van der Waals surface area contributed by atoms with Crippen molar-refractivity contribution < 1.29 is 25.2 Å². The highest BCUT2D eigenvalue weighted by Gasteiger charge is 2.41. The van der Waals surface area contributed by atoms with Crippen molar-refractivity contribution in [3.05, 3.63) is 21.3 Å². The van der Waals surface area contributed by atoms with E-state index in [1.54, 1.807) is 0 Å². The van der Waals surface area contributed by atoms with Gasteiger partial charge in [-0.05, 0) is 15.9 Å².